The molecule has 0 aliphatic rings. The first kappa shape index (κ1) is 16.7. The number of carbonyl (C=O) groups is 1. The number of aromatic nitrogens is 1. The van der Waals surface area contributed by atoms with Gasteiger partial charge in [0.1, 0.15) is 11.5 Å². The van der Waals surface area contributed by atoms with Gasteiger partial charge in [0.05, 0.1) is 29.4 Å². The topological polar surface area (TPSA) is 75.0 Å². The maximum absolute atomic E-state index is 12.2. The number of aryl methyl sites for hydroxylation is 1. The third kappa shape index (κ3) is 4.43. The smallest absolute Gasteiger partial charge is 0.228 e. The zero-order valence-electron chi connectivity index (χ0n) is 13.5. The molecule has 0 radical (unpaired) electrons. The number of amides is 1. The number of rotatable bonds is 5. The molecule has 0 aliphatic carbocycles. The first-order valence-corrected chi connectivity index (χ1v) is 8.45. The van der Waals surface area contributed by atoms with Gasteiger partial charge in [0.15, 0.2) is 0 Å². The predicted molar refractivity (Wildman–Crippen MR) is 96.9 cm³/mol. The second-order valence-electron chi connectivity index (χ2n) is 5.42. The summed E-state index contributed by atoms with van der Waals surface area (Å²) in [6.07, 6.45) is 0.250. The fourth-order valence-electron chi connectivity index (χ4n) is 2.24. The lowest BCUT2D eigenvalue weighted by atomic mass is 10.1. The zero-order chi connectivity index (χ0) is 17.6. The van der Waals surface area contributed by atoms with Crippen molar-refractivity contribution < 1.29 is 9.53 Å². The van der Waals surface area contributed by atoms with Crippen molar-refractivity contribution in [1.82, 2.24) is 4.37 Å². The van der Waals surface area contributed by atoms with Crippen LogP contribution < -0.4 is 10.1 Å². The average molecular weight is 349 g/mol. The van der Waals surface area contributed by atoms with Crippen molar-refractivity contribution in [3.8, 4) is 17.6 Å². The Morgan fingerprint density at radius 2 is 2.04 bits per heavy atom. The molecular weight excluding hydrogens is 334 g/mol. The minimum atomic E-state index is -0.0983. The quantitative estimate of drug-likeness (QED) is 0.745. The Hall–Kier alpha value is -3.17. The van der Waals surface area contributed by atoms with Gasteiger partial charge in [-0.25, -0.2) is 0 Å². The molecule has 3 aromatic rings. The van der Waals surface area contributed by atoms with E-state index >= 15 is 0 Å². The van der Waals surface area contributed by atoms with Gasteiger partial charge in [-0.2, -0.15) is 9.64 Å². The molecular formula is C19H15N3O2S. The van der Waals surface area contributed by atoms with Crippen LogP contribution in [0.4, 0.5) is 5.69 Å². The monoisotopic (exact) mass is 349 g/mol. The van der Waals surface area contributed by atoms with Crippen LogP contribution >= 0.6 is 11.5 Å². The SMILES string of the molecule is Cc1nscc1NC(=O)Cc1cccc(Oc2ccc(C#N)cc2)c1. The number of nitrogens with one attached hydrogen (secondary N) is 1. The van der Waals surface area contributed by atoms with Crippen molar-refractivity contribution in [2.75, 3.05) is 5.32 Å². The second-order valence-corrected chi connectivity index (χ2v) is 6.05. The molecule has 0 aliphatic heterocycles. The maximum Gasteiger partial charge on any atom is 0.228 e. The molecule has 124 valence electrons. The summed E-state index contributed by atoms with van der Waals surface area (Å²) in [4.78, 5) is 12.2. The van der Waals surface area contributed by atoms with Gasteiger partial charge in [0.2, 0.25) is 5.91 Å². The number of nitriles is 1. The Balaban J connectivity index is 1.65. The van der Waals surface area contributed by atoms with Crippen molar-refractivity contribution >= 4 is 23.1 Å². The van der Waals surface area contributed by atoms with Crippen LogP contribution in [0.3, 0.4) is 0 Å². The van der Waals surface area contributed by atoms with E-state index in [4.69, 9.17) is 10.00 Å². The summed E-state index contributed by atoms with van der Waals surface area (Å²) in [6.45, 7) is 1.86. The fraction of sp³-hybridized carbons (Fsp3) is 0.105. The van der Waals surface area contributed by atoms with Crippen LogP contribution in [-0.2, 0) is 11.2 Å². The minimum absolute atomic E-state index is 0.0983. The minimum Gasteiger partial charge on any atom is -0.457 e. The lowest BCUT2D eigenvalue weighted by molar-refractivity contribution is -0.115. The highest BCUT2D eigenvalue weighted by molar-refractivity contribution is 7.04. The standard InChI is InChI=1S/C19H15N3O2S/c1-13-18(12-25-22-13)21-19(23)10-15-3-2-4-17(9-15)24-16-7-5-14(11-20)6-8-16/h2-9,12H,10H2,1H3,(H,21,23). The van der Waals surface area contributed by atoms with E-state index in [1.54, 1.807) is 24.3 Å². The lowest BCUT2D eigenvalue weighted by Gasteiger charge is -2.08. The number of nitrogens with zero attached hydrogens (tertiary/aromatic N) is 2. The molecule has 0 bridgehead atoms. The lowest BCUT2D eigenvalue weighted by Crippen LogP contribution is -2.14. The van der Waals surface area contributed by atoms with Gasteiger partial charge in [0.25, 0.3) is 0 Å². The van der Waals surface area contributed by atoms with E-state index in [0.717, 1.165) is 16.9 Å². The van der Waals surface area contributed by atoms with E-state index < -0.39 is 0 Å². The summed E-state index contributed by atoms with van der Waals surface area (Å²) in [5, 5.41) is 13.5. The van der Waals surface area contributed by atoms with Gasteiger partial charge < -0.3 is 10.1 Å². The first-order valence-electron chi connectivity index (χ1n) is 7.62. The van der Waals surface area contributed by atoms with E-state index in [-0.39, 0.29) is 12.3 Å². The molecule has 6 heteroatoms. The predicted octanol–water partition coefficient (Wildman–Crippen LogP) is 4.30. The number of carbonyl (C=O) groups excluding carboxylic acids is 1. The molecule has 0 fully saturated rings. The van der Waals surface area contributed by atoms with Crippen molar-refractivity contribution in [3.05, 3.63) is 70.7 Å². The van der Waals surface area contributed by atoms with E-state index in [2.05, 4.69) is 15.8 Å². The average Bonchev–Trinajstić information content (AvgIpc) is 3.00. The Morgan fingerprint density at radius 3 is 2.72 bits per heavy atom. The highest BCUT2D eigenvalue weighted by Crippen LogP contribution is 2.23. The molecule has 0 saturated heterocycles. The van der Waals surface area contributed by atoms with Crippen LogP contribution in [0.15, 0.2) is 53.9 Å². The van der Waals surface area contributed by atoms with Gasteiger partial charge in [-0.3, -0.25) is 4.79 Å². The molecule has 25 heavy (non-hydrogen) atoms. The van der Waals surface area contributed by atoms with Gasteiger partial charge in [0, 0.05) is 5.38 Å². The molecule has 2 aromatic carbocycles. The summed E-state index contributed by atoms with van der Waals surface area (Å²) in [6, 6.07) is 16.3. The molecule has 1 N–H and O–H groups in total. The van der Waals surface area contributed by atoms with Crippen molar-refractivity contribution in [2.45, 2.75) is 13.3 Å². The van der Waals surface area contributed by atoms with Gasteiger partial charge in [-0.15, -0.1) is 0 Å². The summed E-state index contributed by atoms with van der Waals surface area (Å²) in [5.74, 6) is 1.18. The number of hydrogen-bond acceptors (Lipinski definition) is 5. The largest absolute Gasteiger partial charge is 0.457 e. The van der Waals surface area contributed by atoms with E-state index in [0.29, 0.717) is 17.1 Å². The molecule has 1 heterocycles. The van der Waals surface area contributed by atoms with E-state index in [1.807, 2.05) is 36.6 Å². The molecule has 5 nitrogen and oxygen atoms in total. The highest BCUT2D eigenvalue weighted by Gasteiger charge is 2.08. The molecule has 0 saturated carbocycles. The number of benzene rings is 2. The van der Waals surface area contributed by atoms with Gasteiger partial charge in [-0.05, 0) is 60.4 Å². The number of ether oxygens (including phenoxy) is 1. The number of anilines is 1. The maximum atomic E-state index is 12.2. The molecule has 3 rings (SSSR count). The van der Waals surface area contributed by atoms with E-state index in [9.17, 15) is 4.79 Å². The Kier molecular flexibility index (Phi) is 5.07. The normalized spacial score (nSPS) is 10.1. The third-order valence-electron chi connectivity index (χ3n) is 3.51. The molecule has 1 amide bonds. The zero-order valence-corrected chi connectivity index (χ0v) is 14.3. The van der Waals surface area contributed by atoms with Crippen LogP contribution in [0.1, 0.15) is 16.8 Å². The van der Waals surface area contributed by atoms with Crippen molar-refractivity contribution in [2.24, 2.45) is 0 Å². The second kappa shape index (κ2) is 7.60. The molecule has 0 spiro atoms. The van der Waals surface area contributed by atoms with Crippen LogP contribution in [0.2, 0.25) is 0 Å². The Labute approximate surface area is 149 Å². The Bertz CT molecular complexity index is 926. The third-order valence-corrected chi connectivity index (χ3v) is 4.23. The number of hydrogen-bond donors (Lipinski definition) is 1. The van der Waals surface area contributed by atoms with Crippen molar-refractivity contribution in [3.63, 3.8) is 0 Å². The van der Waals surface area contributed by atoms with Crippen LogP contribution in [-0.4, -0.2) is 10.3 Å². The van der Waals surface area contributed by atoms with Gasteiger partial charge >= 0.3 is 0 Å². The summed E-state index contributed by atoms with van der Waals surface area (Å²) in [7, 11) is 0. The van der Waals surface area contributed by atoms with Crippen LogP contribution in [0.25, 0.3) is 0 Å². The molecule has 0 unspecified atom stereocenters. The highest BCUT2D eigenvalue weighted by atomic mass is 32.1. The van der Waals surface area contributed by atoms with Crippen LogP contribution in [0.5, 0.6) is 11.5 Å². The summed E-state index contributed by atoms with van der Waals surface area (Å²) < 4.78 is 9.91. The first-order chi connectivity index (χ1) is 12.1. The fourth-order valence-corrected chi connectivity index (χ4v) is 2.89. The summed E-state index contributed by atoms with van der Waals surface area (Å²) in [5.41, 5.74) is 3.00. The van der Waals surface area contributed by atoms with Gasteiger partial charge in [-0.1, -0.05) is 12.1 Å². The molecule has 1 aromatic heterocycles. The molecule has 0 atom stereocenters. The van der Waals surface area contributed by atoms with Crippen LogP contribution in [0, 0.1) is 18.3 Å². The van der Waals surface area contributed by atoms with Crippen molar-refractivity contribution in [1.29, 1.82) is 5.26 Å². The Morgan fingerprint density at radius 1 is 1.24 bits per heavy atom. The summed E-state index contributed by atoms with van der Waals surface area (Å²) >= 11 is 1.32. The van der Waals surface area contributed by atoms with E-state index in [1.165, 1.54) is 11.5 Å².